The second kappa shape index (κ2) is 7.60. The average Bonchev–Trinajstić information content (AvgIpc) is 3.20. The van der Waals surface area contributed by atoms with Crippen molar-refractivity contribution >= 4 is 29.1 Å². The van der Waals surface area contributed by atoms with Gasteiger partial charge in [-0.25, -0.2) is 20.4 Å². The van der Waals surface area contributed by atoms with E-state index in [1.807, 2.05) is 0 Å². The van der Waals surface area contributed by atoms with Crippen molar-refractivity contribution < 1.29 is 25.2 Å². The molecule has 0 aliphatic carbocycles. The van der Waals surface area contributed by atoms with E-state index in [-0.39, 0.29) is 28.7 Å². The Bertz CT molecular complexity index is 1060. The number of aliphatic hydroxyl groups is 3. The van der Waals surface area contributed by atoms with Crippen LogP contribution < -0.4 is 11.2 Å². The molecule has 7 N–H and O–H groups in total. The summed E-state index contributed by atoms with van der Waals surface area (Å²) in [4.78, 5) is 12.4. The highest BCUT2D eigenvalue weighted by Crippen LogP contribution is 2.35. The number of aliphatic hydroxyl groups excluding tert-OH is 3. The molecule has 1 aliphatic heterocycles. The number of ether oxygens (including phenoxy) is 1. The van der Waals surface area contributed by atoms with Crippen molar-refractivity contribution in [1.29, 1.82) is 0 Å². The molecule has 3 aromatic rings. The van der Waals surface area contributed by atoms with Crippen molar-refractivity contribution in [2.24, 2.45) is 5.10 Å². The molecular formula is C17H19N7O5. The number of hydrazone groups is 1. The van der Waals surface area contributed by atoms with Crippen LogP contribution in [-0.2, 0) is 4.74 Å². The lowest BCUT2D eigenvalue weighted by atomic mass is 10.1. The number of benzene rings is 1. The third-order valence-corrected chi connectivity index (χ3v) is 4.53. The van der Waals surface area contributed by atoms with Gasteiger partial charge in [-0.2, -0.15) is 5.10 Å². The number of phenolic OH excluding ortho intramolecular Hbond substituents is 1. The predicted octanol–water partition coefficient (Wildman–Crippen LogP) is -0.828. The van der Waals surface area contributed by atoms with E-state index in [0.717, 1.165) is 0 Å². The number of imidazole rings is 1. The number of hydrogen-bond donors (Lipinski definition) is 6. The molecule has 0 radical (unpaired) electrons. The fraction of sp³-hybridized carbons (Fsp3) is 0.294. The Kier molecular flexibility index (Phi) is 4.98. The molecule has 3 heterocycles. The van der Waals surface area contributed by atoms with E-state index in [1.165, 1.54) is 29.2 Å². The summed E-state index contributed by atoms with van der Waals surface area (Å²) in [6.45, 7) is -0.475. The lowest BCUT2D eigenvalue weighted by molar-refractivity contribution is -0.0501. The predicted molar refractivity (Wildman–Crippen MR) is 102 cm³/mol. The maximum Gasteiger partial charge on any atom is 0.228 e. The molecule has 2 aromatic heterocycles. The van der Waals surface area contributed by atoms with Gasteiger partial charge >= 0.3 is 0 Å². The third-order valence-electron chi connectivity index (χ3n) is 4.53. The van der Waals surface area contributed by atoms with E-state index in [9.17, 15) is 20.4 Å². The van der Waals surface area contributed by atoms with E-state index in [2.05, 4.69) is 25.5 Å². The number of rotatable bonds is 5. The van der Waals surface area contributed by atoms with Crippen LogP contribution in [0.15, 0.2) is 35.7 Å². The van der Waals surface area contributed by atoms with Gasteiger partial charge in [0.2, 0.25) is 5.95 Å². The summed E-state index contributed by atoms with van der Waals surface area (Å²) in [6.07, 6.45) is -2.04. The lowest BCUT2D eigenvalue weighted by Crippen LogP contribution is -2.33. The van der Waals surface area contributed by atoms with E-state index >= 15 is 0 Å². The number of nitrogens with zero attached hydrogens (tertiary/aromatic N) is 5. The SMILES string of the molecule is Nc1ncnc2c1nc(NN=Cc1cccc(O)c1)n2[C@H]1O[C@@H](CO)[C@@H](O)[C@@H]1O. The molecule has 12 nitrogen and oxygen atoms in total. The van der Waals surface area contributed by atoms with Crippen molar-refractivity contribution in [2.45, 2.75) is 24.5 Å². The van der Waals surface area contributed by atoms with Gasteiger partial charge in [-0.05, 0) is 17.7 Å². The molecule has 1 saturated heterocycles. The van der Waals surface area contributed by atoms with Crippen LogP contribution in [0.1, 0.15) is 11.8 Å². The monoisotopic (exact) mass is 401 g/mol. The normalized spacial score (nSPS) is 24.5. The van der Waals surface area contributed by atoms with Crippen molar-refractivity contribution in [2.75, 3.05) is 17.8 Å². The zero-order valence-electron chi connectivity index (χ0n) is 15.0. The molecule has 152 valence electrons. The Morgan fingerprint density at radius 2 is 2.10 bits per heavy atom. The van der Waals surface area contributed by atoms with Crippen LogP contribution in [-0.4, -0.2) is 71.1 Å². The first-order valence-corrected chi connectivity index (χ1v) is 8.68. The molecule has 0 saturated carbocycles. The minimum atomic E-state index is -1.35. The van der Waals surface area contributed by atoms with Crippen LogP contribution in [0, 0.1) is 0 Å². The number of hydrogen-bond acceptors (Lipinski definition) is 11. The fourth-order valence-electron chi connectivity index (χ4n) is 3.11. The first-order chi connectivity index (χ1) is 14.0. The minimum absolute atomic E-state index is 0.0933. The molecule has 1 fully saturated rings. The number of fused-ring (bicyclic) bond motifs is 1. The quantitative estimate of drug-likeness (QED) is 0.233. The Labute approximate surface area is 163 Å². The number of nitrogen functional groups attached to an aromatic ring is 1. The Morgan fingerprint density at radius 3 is 2.83 bits per heavy atom. The summed E-state index contributed by atoms with van der Waals surface area (Å²) in [5.41, 5.74) is 9.73. The number of phenols is 1. The molecule has 0 unspecified atom stereocenters. The van der Waals surface area contributed by atoms with Crippen LogP contribution in [0.25, 0.3) is 11.2 Å². The van der Waals surface area contributed by atoms with Gasteiger partial charge in [-0.15, -0.1) is 0 Å². The van der Waals surface area contributed by atoms with Gasteiger partial charge in [-0.3, -0.25) is 4.57 Å². The number of aromatic hydroxyl groups is 1. The standard InChI is InChI=1S/C17H19N7O5/c18-14-11-15(20-7-19-14)24(16-13(28)12(27)10(6-25)29-16)17(22-11)23-21-5-8-2-1-3-9(26)4-8/h1-5,7,10,12-13,16,25-28H,6H2,(H,22,23)(H2,18,19,20)/t10-,12+,13-,16-/m0/s1. The molecule has 1 aromatic carbocycles. The van der Waals surface area contributed by atoms with Gasteiger partial charge in [0, 0.05) is 0 Å². The van der Waals surface area contributed by atoms with Gasteiger partial charge in [-0.1, -0.05) is 12.1 Å². The maximum atomic E-state index is 10.4. The van der Waals surface area contributed by atoms with Crippen LogP contribution in [0.5, 0.6) is 5.75 Å². The summed E-state index contributed by atoms with van der Waals surface area (Å²) in [5.74, 6) is 0.328. The second-order valence-corrected chi connectivity index (χ2v) is 6.43. The number of aromatic nitrogens is 4. The Morgan fingerprint density at radius 1 is 1.28 bits per heavy atom. The highest BCUT2D eigenvalue weighted by Gasteiger charge is 2.45. The van der Waals surface area contributed by atoms with Crippen LogP contribution >= 0.6 is 0 Å². The number of nitrogens with two attached hydrogens (primary N) is 1. The van der Waals surface area contributed by atoms with Gasteiger partial charge < -0.3 is 30.9 Å². The van der Waals surface area contributed by atoms with Crippen molar-refractivity contribution in [1.82, 2.24) is 19.5 Å². The summed E-state index contributed by atoms with van der Waals surface area (Å²) < 4.78 is 6.98. The minimum Gasteiger partial charge on any atom is -0.508 e. The smallest absolute Gasteiger partial charge is 0.228 e. The summed E-state index contributed by atoms with van der Waals surface area (Å²) >= 11 is 0. The molecular weight excluding hydrogens is 382 g/mol. The summed E-state index contributed by atoms with van der Waals surface area (Å²) in [7, 11) is 0. The molecule has 12 heteroatoms. The highest BCUT2D eigenvalue weighted by atomic mass is 16.6. The van der Waals surface area contributed by atoms with Gasteiger partial charge in [0.25, 0.3) is 0 Å². The zero-order chi connectivity index (χ0) is 20.5. The van der Waals surface area contributed by atoms with E-state index in [1.54, 1.807) is 12.1 Å². The number of anilines is 2. The summed E-state index contributed by atoms with van der Waals surface area (Å²) in [5, 5.41) is 43.5. The van der Waals surface area contributed by atoms with Crippen molar-refractivity contribution in [3.05, 3.63) is 36.2 Å². The van der Waals surface area contributed by atoms with Gasteiger partial charge in [0.05, 0.1) is 12.8 Å². The molecule has 4 atom stereocenters. The topological polar surface area (TPSA) is 184 Å². The van der Waals surface area contributed by atoms with Crippen LogP contribution in [0.4, 0.5) is 11.8 Å². The molecule has 0 bridgehead atoms. The first-order valence-electron chi connectivity index (χ1n) is 8.68. The van der Waals surface area contributed by atoms with E-state index in [0.29, 0.717) is 5.56 Å². The van der Waals surface area contributed by atoms with Gasteiger partial charge in [0.1, 0.15) is 30.4 Å². The van der Waals surface area contributed by atoms with Crippen LogP contribution in [0.2, 0.25) is 0 Å². The Hall–Kier alpha value is -3.32. The largest absolute Gasteiger partial charge is 0.508 e. The third kappa shape index (κ3) is 3.45. The van der Waals surface area contributed by atoms with E-state index < -0.39 is 31.1 Å². The fourth-order valence-corrected chi connectivity index (χ4v) is 3.11. The molecule has 29 heavy (non-hydrogen) atoms. The van der Waals surface area contributed by atoms with Gasteiger partial charge in [0.15, 0.2) is 23.2 Å². The Balaban J connectivity index is 1.72. The summed E-state index contributed by atoms with van der Waals surface area (Å²) in [6, 6.07) is 6.46. The lowest BCUT2D eigenvalue weighted by Gasteiger charge is -2.18. The molecule has 0 amide bonds. The van der Waals surface area contributed by atoms with Crippen molar-refractivity contribution in [3.63, 3.8) is 0 Å². The molecule has 4 rings (SSSR count). The average molecular weight is 401 g/mol. The highest BCUT2D eigenvalue weighted by molar-refractivity contribution is 5.84. The maximum absolute atomic E-state index is 10.4. The molecule has 0 spiro atoms. The van der Waals surface area contributed by atoms with Crippen LogP contribution in [0.3, 0.4) is 0 Å². The van der Waals surface area contributed by atoms with Crippen molar-refractivity contribution in [3.8, 4) is 5.75 Å². The van der Waals surface area contributed by atoms with E-state index in [4.69, 9.17) is 10.5 Å². The number of nitrogens with one attached hydrogen (secondary N) is 1. The second-order valence-electron chi connectivity index (χ2n) is 6.43. The molecule has 1 aliphatic rings. The first kappa shape index (κ1) is 19.0. The zero-order valence-corrected chi connectivity index (χ0v) is 15.0.